The number of hydrogen-bond acceptors (Lipinski definition) is 5. The number of thioether (sulfide) groups is 1. The maximum absolute atomic E-state index is 9.66. The molecule has 0 atom stereocenters. The summed E-state index contributed by atoms with van der Waals surface area (Å²) in [6, 6.07) is 7.41. The second-order valence-corrected chi connectivity index (χ2v) is 5.95. The molecule has 0 aliphatic heterocycles. The molecule has 2 N–H and O–H groups in total. The number of aromatic hydroxyl groups is 1. The number of benzene rings is 1. The van der Waals surface area contributed by atoms with Crippen molar-refractivity contribution in [2.24, 2.45) is 0 Å². The quantitative estimate of drug-likeness (QED) is 0.786. The van der Waals surface area contributed by atoms with E-state index < -0.39 is 0 Å². The maximum Gasteiger partial charge on any atom is 0.182 e. The molecule has 18 heavy (non-hydrogen) atoms. The SMILES string of the molecule is CCCNc1ncc(CSc2ccccc2O)s1. The highest BCUT2D eigenvalue weighted by Gasteiger charge is 2.04. The number of rotatable bonds is 6. The first-order chi connectivity index (χ1) is 8.79. The van der Waals surface area contributed by atoms with Crippen molar-refractivity contribution in [3.8, 4) is 5.75 Å². The van der Waals surface area contributed by atoms with E-state index in [9.17, 15) is 5.11 Å². The van der Waals surface area contributed by atoms with Crippen LogP contribution in [0.25, 0.3) is 0 Å². The Morgan fingerprint density at radius 3 is 3.00 bits per heavy atom. The molecule has 0 amide bonds. The Kier molecular flexibility index (Phi) is 4.90. The molecule has 0 spiro atoms. The average molecular weight is 280 g/mol. The molecule has 0 aliphatic rings. The van der Waals surface area contributed by atoms with E-state index in [0.717, 1.165) is 28.7 Å². The van der Waals surface area contributed by atoms with Crippen LogP contribution in [0.5, 0.6) is 5.75 Å². The first-order valence-electron chi connectivity index (χ1n) is 5.89. The van der Waals surface area contributed by atoms with Gasteiger partial charge in [0.25, 0.3) is 0 Å². The van der Waals surface area contributed by atoms with Crippen molar-refractivity contribution in [2.45, 2.75) is 24.0 Å². The summed E-state index contributed by atoms with van der Waals surface area (Å²) in [4.78, 5) is 6.44. The zero-order valence-electron chi connectivity index (χ0n) is 10.2. The predicted molar refractivity (Wildman–Crippen MR) is 78.6 cm³/mol. The molecule has 0 saturated carbocycles. The Bertz CT molecular complexity index is 499. The fourth-order valence-electron chi connectivity index (χ4n) is 1.42. The lowest BCUT2D eigenvalue weighted by Crippen LogP contribution is -1.97. The van der Waals surface area contributed by atoms with Gasteiger partial charge in [0.15, 0.2) is 5.13 Å². The Morgan fingerprint density at radius 2 is 2.22 bits per heavy atom. The van der Waals surface area contributed by atoms with Crippen molar-refractivity contribution in [1.82, 2.24) is 4.98 Å². The van der Waals surface area contributed by atoms with Gasteiger partial charge < -0.3 is 10.4 Å². The van der Waals surface area contributed by atoms with Crippen molar-refractivity contribution in [2.75, 3.05) is 11.9 Å². The van der Waals surface area contributed by atoms with Gasteiger partial charge in [0.2, 0.25) is 0 Å². The molecular formula is C13H16N2OS2. The molecule has 2 rings (SSSR count). The first-order valence-corrected chi connectivity index (χ1v) is 7.69. The van der Waals surface area contributed by atoms with Crippen molar-refractivity contribution < 1.29 is 5.11 Å². The first kappa shape index (κ1) is 13.2. The topological polar surface area (TPSA) is 45.2 Å². The number of thiazole rings is 1. The number of nitrogens with one attached hydrogen (secondary N) is 1. The van der Waals surface area contributed by atoms with Gasteiger partial charge in [-0.1, -0.05) is 19.1 Å². The van der Waals surface area contributed by atoms with Crippen LogP contribution in [0.15, 0.2) is 35.4 Å². The normalized spacial score (nSPS) is 10.5. The molecule has 5 heteroatoms. The van der Waals surface area contributed by atoms with Gasteiger partial charge in [-0.2, -0.15) is 0 Å². The predicted octanol–water partition coefficient (Wildman–Crippen LogP) is 3.96. The lowest BCUT2D eigenvalue weighted by atomic mass is 10.3. The van der Waals surface area contributed by atoms with Crippen molar-refractivity contribution >= 4 is 28.2 Å². The Balaban J connectivity index is 1.90. The van der Waals surface area contributed by atoms with Crippen molar-refractivity contribution in [1.29, 1.82) is 0 Å². The summed E-state index contributed by atoms with van der Waals surface area (Å²) in [5, 5.41) is 13.9. The van der Waals surface area contributed by atoms with Gasteiger partial charge in [-0.15, -0.1) is 23.1 Å². The summed E-state index contributed by atoms with van der Waals surface area (Å²) in [6.07, 6.45) is 3.00. The molecule has 0 radical (unpaired) electrons. The van der Waals surface area contributed by atoms with E-state index in [1.54, 1.807) is 29.2 Å². The Labute approximate surface area is 115 Å². The smallest absolute Gasteiger partial charge is 0.182 e. The van der Waals surface area contributed by atoms with Gasteiger partial charge >= 0.3 is 0 Å². The summed E-state index contributed by atoms with van der Waals surface area (Å²) in [6.45, 7) is 3.09. The van der Waals surface area contributed by atoms with E-state index in [4.69, 9.17) is 0 Å². The van der Waals surface area contributed by atoms with Crippen LogP contribution in [0.3, 0.4) is 0 Å². The second-order valence-electron chi connectivity index (χ2n) is 3.81. The average Bonchev–Trinajstić information content (AvgIpc) is 2.83. The molecule has 1 aromatic carbocycles. The molecule has 1 heterocycles. The molecule has 0 fully saturated rings. The summed E-state index contributed by atoms with van der Waals surface area (Å²) >= 11 is 3.30. The molecular weight excluding hydrogens is 264 g/mol. The number of nitrogens with zero attached hydrogens (tertiary/aromatic N) is 1. The van der Waals surface area contributed by atoms with Crippen LogP contribution in [0.2, 0.25) is 0 Å². The minimum Gasteiger partial charge on any atom is -0.507 e. The van der Waals surface area contributed by atoms with Crippen molar-refractivity contribution in [3.63, 3.8) is 0 Å². The minimum absolute atomic E-state index is 0.344. The van der Waals surface area contributed by atoms with Crippen molar-refractivity contribution in [3.05, 3.63) is 35.3 Å². The molecule has 96 valence electrons. The maximum atomic E-state index is 9.66. The van der Waals surface area contributed by atoms with Gasteiger partial charge in [0, 0.05) is 28.3 Å². The number of hydrogen-bond donors (Lipinski definition) is 2. The summed E-state index contributed by atoms with van der Waals surface area (Å²) in [5.74, 6) is 1.18. The van der Waals surface area contributed by atoms with Crippen LogP contribution in [0, 0.1) is 0 Å². The fraction of sp³-hybridized carbons (Fsp3) is 0.308. The monoisotopic (exact) mass is 280 g/mol. The molecule has 3 nitrogen and oxygen atoms in total. The Hall–Kier alpha value is -1.20. The van der Waals surface area contributed by atoms with Gasteiger partial charge in [0.05, 0.1) is 0 Å². The molecule has 0 bridgehead atoms. The van der Waals surface area contributed by atoms with E-state index in [1.165, 1.54) is 4.88 Å². The van der Waals surface area contributed by atoms with Gasteiger partial charge in [-0.3, -0.25) is 0 Å². The van der Waals surface area contributed by atoms with Gasteiger partial charge in [-0.05, 0) is 18.6 Å². The lowest BCUT2D eigenvalue weighted by molar-refractivity contribution is 0.462. The Morgan fingerprint density at radius 1 is 1.39 bits per heavy atom. The van der Waals surface area contributed by atoms with Crippen LogP contribution in [-0.2, 0) is 5.75 Å². The van der Waals surface area contributed by atoms with Crippen LogP contribution in [-0.4, -0.2) is 16.6 Å². The highest BCUT2D eigenvalue weighted by atomic mass is 32.2. The summed E-state index contributed by atoms with van der Waals surface area (Å²) in [5.41, 5.74) is 0. The van der Waals surface area contributed by atoms with Crippen LogP contribution >= 0.6 is 23.1 Å². The van der Waals surface area contributed by atoms with Gasteiger partial charge in [0.1, 0.15) is 5.75 Å². The standard InChI is InChI=1S/C13H16N2OS2/c1-2-7-14-13-15-8-10(18-13)9-17-12-6-4-3-5-11(12)16/h3-6,8,16H,2,7,9H2,1H3,(H,14,15). The van der Waals surface area contributed by atoms with E-state index in [2.05, 4.69) is 17.2 Å². The van der Waals surface area contributed by atoms with E-state index in [0.29, 0.717) is 5.75 Å². The van der Waals surface area contributed by atoms with Crippen LogP contribution in [0.1, 0.15) is 18.2 Å². The summed E-state index contributed by atoms with van der Waals surface area (Å²) in [7, 11) is 0. The van der Waals surface area contributed by atoms with E-state index in [-0.39, 0.29) is 0 Å². The molecule has 0 unspecified atom stereocenters. The summed E-state index contributed by atoms with van der Waals surface area (Å²) < 4.78 is 0. The van der Waals surface area contributed by atoms with E-state index in [1.807, 2.05) is 24.4 Å². The lowest BCUT2D eigenvalue weighted by Gasteiger charge is -2.01. The third kappa shape index (κ3) is 3.65. The highest BCUT2D eigenvalue weighted by Crippen LogP contribution is 2.32. The van der Waals surface area contributed by atoms with Gasteiger partial charge in [-0.25, -0.2) is 4.98 Å². The number of phenols is 1. The molecule has 0 saturated heterocycles. The number of aromatic nitrogens is 1. The number of phenolic OH excluding ortho intramolecular Hbond substituents is 1. The highest BCUT2D eigenvalue weighted by molar-refractivity contribution is 7.98. The van der Waals surface area contributed by atoms with Crippen LogP contribution < -0.4 is 5.32 Å². The zero-order chi connectivity index (χ0) is 12.8. The molecule has 0 aliphatic carbocycles. The fourth-order valence-corrected chi connectivity index (χ4v) is 3.22. The third-order valence-corrected chi connectivity index (χ3v) is 4.56. The third-order valence-electron chi connectivity index (χ3n) is 2.31. The van der Waals surface area contributed by atoms with E-state index >= 15 is 0 Å². The second kappa shape index (κ2) is 6.66. The molecule has 1 aromatic heterocycles. The zero-order valence-corrected chi connectivity index (χ0v) is 11.9. The number of para-hydroxylation sites is 1. The number of anilines is 1. The minimum atomic E-state index is 0.344. The largest absolute Gasteiger partial charge is 0.507 e. The van der Waals surface area contributed by atoms with Crippen LogP contribution in [0.4, 0.5) is 5.13 Å². The molecule has 2 aromatic rings.